The summed E-state index contributed by atoms with van der Waals surface area (Å²) in [6.45, 7) is 3.85. The number of anilines is 3. The molecule has 0 N–H and O–H groups in total. The molecule has 116 valence electrons. The highest BCUT2D eigenvalue weighted by atomic mass is 35.5. The second-order valence-electron chi connectivity index (χ2n) is 5.56. The normalized spacial score (nSPS) is 15.0. The number of benzene rings is 1. The third-order valence-corrected chi connectivity index (χ3v) is 4.08. The third-order valence-electron chi connectivity index (χ3n) is 3.82. The minimum atomic E-state index is 0.748. The Morgan fingerprint density at radius 2 is 1.59 bits per heavy atom. The van der Waals surface area contributed by atoms with Gasteiger partial charge in [0.15, 0.2) is 0 Å². The smallest absolute Gasteiger partial charge is 0.226 e. The van der Waals surface area contributed by atoms with E-state index < -0.39 is 0 Å². The van der Waals surface area contributed by atoms with Gasteiger partial charge in [0.1, 0.15) is 5.82 Å². The first-order valence-corrected chi connectivity index (χ1v) is 7.77. The van der Waals surface area contributed by atoms with E-state index in [1.807, 2.05) is 43.4 Å². The number of hydrogen-bond acceptors (Lipinski definition) is 5. The van der Waals surface area contributed by atoms with Crippen LogP contribution in [0.3, 0.4) is 0 Å². The summed E-state index contributed by atoms with van der Waals surface area (Å²) in [7, 11) is 3.91. The van der Waals surface area contributed by atoms with Gasteiger partial charge in [0.2, 0.25) is 5.95 Å². The van der Waals surface area contributed by atoms with E-state index in [0.717, 1.165) is 43.0 Å². The van der Waals surface area contributed by atoms with Gasteiger partial charge in [-0.2, -0.15) is 4.98 Å². The van der Waals surface area contributed by atoms with Gasteiger partial charge < -0.3 is 14.7 Å². The Labute approximate surface area is 136 Å². The molecular weight excluding hydrogens is 298 g/mol. The Kier molecular flexibility index (Phi) is 4.34. The maximum absolute atomic E-state index is 5.95. The fourth-order valence-electron chi connectivity index (χ4n) is 2.58. The molecule has 3 rings (SSSR count). The van der Waals surface area contributed by atoms with Crippen LogP contribution in [0.4, 0.5) is 17.5 Å². The van der Waals surface area contributed by atoms with Gasteiger partial charge in [0.05, 0.1) is 0 Å². The van der Waals surface area contributed by atoms with E-state index >= 15 is 0 Å². The Hall–Kier alpha value is -2.01. The van der Waals surface area contributed by atoms with Crippen molar-refractivity contribution in [3.8, 4) is 0 Å². The van der Waals surface area contributed by atoms with E-state index in [9.17, 15) is 0 Å². The molecular formula is C16H20ClN5. The summed E-state index contributed by atoms with van der Waals surface area (Å²) in [5.41, 5.74) is 1.22. The zero-order chi connectivity index (χ0) is 15.5. The van der Waals surface area contributed by atoms with E-state index in [-0.39, 0.29) is 0 Å². The average Bonchev–Trinajstić information content (AvgIpc) is 2.56. The quantitative estimate of drug-likeness (QED) is 0.869. The van der Waals surface area contributed by atoms with Crippen molar-refractivity contribution in [2.75, 3.05) is 55.0 Å². The van der Waals surface area contributed by atoms with E-state index in [1.54, 1.807) is 0 Å². The molecule has 0 aliphatic carbocycles. The predicted octanol–water partition coefficient (Wildman–Crippen LogP) is 2.52. The molecule has 1 aliphatic rings. The zero-order valence-electron chi connectivity index (χ0n) is 12.9. The summed E-state index contributed by atoms with van der Waals surface area (Å²) in [4.78, 5) is 15.5. The van der Waals surface area contributed by atoms with Crippen LogP contribution in [0.2, 0.25) is 5.02 Å². The van der Waals surface area contributed by atoms with Crippen LogP contribution in [0.15, 0.2) is 36.5 Å². The lowest BCUT2D eigenvalue weighted by Crippen LogP contribution is -2.46. The highest BCUT2D eigenvalue weighted by Gasteiger charge is 2.18. The first kappa shape index (κ1) is 14.9. The molecule has 1 aromatic carbocycles. The van der Waals surface area contributed by atoms with Gasteiger partial charge in [0, 0.05) is 57.2 Å². The van der Waals surface area contributed by atoms with Crippen LogP contribution in [-0.4, -0.2) is 50.2 Å². The van der Waals surface area contributed by atoms with Crippen LogP contribution < -0.4 is 14.7 Å². The van der Waals surface area contributed by atoms with Crippen molar-refractivity contribution in [2.45, 2.75) is 0 Å². The van der Waals surface area contributed by atoms with E-state index in [0.29, 0.717) is 0 Å². The molecule has 6 heteroatoms. The maximum atomic E-state index is 5.95. The fourth-order valence-corrected chi connectivity index (χ4v) is 2.70. The second kappa shape index (κ2) is 6.40. The molecule has 1 fully saturated rings. The summed E-state index contributed by atoms with van der Waals surface area (Å²) >= 11 is 5.95. The first-order chi connectivity index (χ1) is 10.6. The van der Waals surface area contributed by atoms with Crippen LogP contribution in [-0.2, 0) is 0 Å². The van der Waals surface area contributed by atoms with Crippen molar-refractivity contribution in [3.05, 3.63) is 41.6 Å². The van der Waals surface area contributed by atoms with Crippen LogP contribution in [0.5, 0.6) is 0 Å². The predicted molar refractivity (Wildman–Crippen MR) is 92.2 cm³/mol. The number of hydrogen-bond donors (Lipinski definition) is 0. The van der Waals surface area contributed by atoms with Crippen molar-refractivity contribution in [1.29, 1.82) is 0 Å². The van der Waals surface area contributed by atoms with Crippen LogP contribution in [0.1, 0.15) is 0 Å². The van der Waals surface area contributed by atoms with Crippen molar-refractivity contribution in [3.63, 3.8) is 0 Å². The molecule has 0 amide bonds. The Morgan fingerprint density at radius 3 is 2.23 bits per heavy atom. The molecule has 1 aromatic heterocycles. The molecule has 0 atom stereocenters. The summed E-state index contributed by atoms with van der Waals surface area (Å²) in [5.74, 6) is 1.74. The number of halogens is 1. The molecule has 0 saturated carbocycles. The molecule has 0 bridgehead atoms. The van der Waals surface area contributed by atoms with Crippen molar-refractivity contribution >= 4 is 29.1 Å². The van der Waals surface area contributed by atoms with E-state index in [4.69, 9.17) is 11.6 Å². The van der Waals surface area contributed by atoms with Gasteiger partial charge in [0.25, 0.3) is 0 Å². The molecule has 1 aliphatic heterocycles. The standard InChI is InChI=1S/C16H20ClN5/c1-20(2)16-18-8-7-15(19-16)22-11-9-21(10-12-22)14-5-3-13(17)4-6-14/h3-8H,9-12H2,1-2H3. The lowest BCUT2D eigenvalue weighted by molar-refractivity contribution is 0.646. The first-order valence-electron chi connectivity index (χ1n) is 7.39. The SMILES string of the molecule is CN(C)c1nccc(N2CCN(c3ccc(Cl)cc3)CC2)n1. The molecule has 0 spiro atoms. The van der Waals surface area contributed by atoms with Gasteiger partial charge in [-0.3, -0.25) is 0 Å². The number of nitrogens with zero attached hydrogens (tertiary/aromatic N) is 5. The second-order valence-corrected chi connectivity index (χ2v) is 6.00. The van der Waals surface area contributed by atoms with Gasteiger partial charge in [-0.05, 0) is 30.3 Å². The fraction of sp³-hybridized carbons (Fsp3) is 0.375. The number of aromatic nitrogens is 2. The molecule has 2 heterocycles. The molecule has 0 unspecified atom stereocenters. The van der Waals surface area contributed by atoms with Crippen LogP contribution in [0, 0.1) is 0 Å². The Bertz CT molecular complexity index is 621. The summed E-state index contributed by atoms with van der Waals surface area (Å²) < 4.78 is 0. The van der Waals surface area contributed by atoms with Crippen molar-refractivity contribution in [2.24, 2.45) is 0 Å². The Balaban J connectivity index is 1.66. The molecule has 2 aromatic rings. The molecule has 0 radical (unpaired) electrons. The monoisotopic (exact) mass is 317 g/mol. The average molecular weight is 318 g/mol. The van der Waals surface area contributed by atoms with E-state index in [2.05, 4.69) is 31.9 Å². The van der Waals surface area contributed by atoms with Gasteiger partial charge >= 0.3 is 0 Å². The van der Waals surface area contributed by atoms with Crippen molar-refractivity contribution < 1.29 is 0 Å². The molecule has 1 saturated heterocycles. The summed E-state index contributed by atoms with van der Waals surface area (Å²) in [5, 5.41) is 0.777. The zero-order valence-corrected chi connectivity index (χ0v) is 13.7. The summed E-state index contributed by atoms with van der Waals surface area (Å²) in [6.07, 6.45) is 1.82. The lowest BCUT2D eigenvalue weighted by atomic mass is 10.2. The summed E-state index contributed by atoms with van der Waals surface area (Å²) in [6, 6.07) is 10.0. The topological polar surface area (TPSA) is 35.5 Å². The minimum absolute atomic E-state index is 0.748. The van der Waals surface area contributed by atoms with Gasteiger partial charge in [-0.25, -0.2) is 4.98 Å². The maximum Gasteiger partial charge on any atom is 0.226 e. The third kappa shape index (κ3) is 3.25. The lowest BCUT2D eigenvalue weighted by Gasteiger charge is -2.36. The van der Waals surface area contributed by atoms with Crippen LogP contribution >= 0.6 is 11.6 Å². The molecule has 22 heavy (non-hydrogen) atoms. The van der Waals surface area contributed by atoms with Gasteiger partial charge in [-0.1, -0.05) is 11.6 Å². The minimum Gasteiger partial charge on any atom is -0.368 e. The highest BCUT2D eigenvalue weighted by Crippen LogP contribution is 2.21. The molecule has 5 nitrogen and oxygen atoms in total. The van der Waals surface area contributed by atoms with Crippen LogP contribution in [0.25, 0.3) is 0 Å². The van der Waals surface area contributed by atoms with E-state index in [1.165, 1.54) is 5.69 Å². The Morgan fingerprint density at radius 1 is 0.955 bits per heavy atom. The number of rotatable bonds is 3. The number of piperazine rings is 1. The van der Waals surface area contributed by atoms with Crippen molar-refractivity contribution in [1.82, 2.24) is 9.97 Å². The largest absolute Gasteiger partial charge is 0.368 e. The highest BCUT2D eigenvalue weighted by molar-refractivity contribution is 6.30. The van der Waals surface area contributed by atoms with Gasteiger partial charge in [-0.15, -0.1) is 0 Å².